The lowest BCUT2D eigenvalue weighted by molar-refractivity contribution is -0.128. The fourth-order valence-electron chi connectivity index (χ4n) is 2.71. The molecule has 0 aliphatic heterocycles. The zero-order chi connectivity index (χ0) is 21.2. The maximum atomic E-state index is 12.2. The molecule has 3 aromatic rings. The first-order chi connectivity index (χ1) is 14.6. The molecule has 30 heavy (non-hydrogen) atoms. The van der Waals surface area contributed by atoms with Crippen molar-refractivity contribution < 1.29 is 23.8 Å². The normalized spacial score (nSPS) is 10.6. The van der Waals surface area contributed by atoms with Crippen molar-refractivity contribution in [3.63, 3.8) is 0 Å². The standard InChI is InChI=1S/C25H22O5/c1-28-22-13-10-20(11-14-22)12-15-24(26)30-23-9-5-8-21(18-23)25(27)29-17-16-19-6-3-2-4-7-19/h2-15,18H,16-17H2,1H3/b15-12+. The monoisotopic (exact) mass is 402 g/mol. The van der Waals surface area contributed by atoms with Gasteiger partial charge < -0.3 is 14.2 Å². The minimum absolute atomic E-state index is 0.275. The van der Waals surface area contributed by atoms with E-state index in [1.807, 2.05) is 42.5 Å². The molecule has 0 fully saturated rings. The SMILES string of the molecule is COc1ccc(/C=C/C(=O)Oc2cccc(C(=O)OCCc3ccccc3)c2)cc1. The molecule has 0 amide bonds. The number of benzene rings is 3. The number of hydrogen-bond acceptors (Lipinski definition) is 5. The van der Waals surface area contributed by atoms with Crippen LogP contribution < -0.4 is 9.47 Å². The number of ether oxygens (including phenoxy) is 3. The van der Waals surface area contributed by atoms with Crippen LogP contribution in [-0.2, 0) is 16.0 Å². The Balaban J connectivity index is 1.52. The van der Waals surface area contributed by atoms with E-state index in [-0.39, 0.29) is 12.4 Å². The average Bonchev–Trinajstić information content (AvgIpc) is 2.79. The Morgan fingerprint density at radius 2 is 1.63 bits per heavy atom. The number of esters is 2. The highest BCUT2D eigenvalue weighted by molar-refractivity contribution is 5.91. The molecule has 0 radical (unpaired) electrons. The number of carbonyl (C=O) groups excluding carboxylic acids is 2. The fraction of sp³-hybridized carbons (Fsp3) is 0.120. The predicted molar refractivity (Wildman–Crippen MR) is 115 cm³/mol. The molecule has 0 bridgehead atoms. The summed E-state index contributed by atoms with van der Waals surface area (Å²) in [7, 11) is 1.59. The van der Waals surface area contributed by atoms with Crippen molar-refractivity contribution in [2.45, 2.75) is 6.42 Å². The molecule has 0 heterocycles. The quantitative estimate of drug-likeness (QED) is 0.310. The van der Waals surface area contributed by atoms with E-state index in [1.165, 1.54) is 12.1 Å². The van der Waals surface area contributed by atoms with E-state index in [4.69, 9.17) is 14.2 Å². The highest BCUT2D eigenvalue weighted by Crippen LogP contribution is 2.16. The van der Waals surface area contributed by atoms with Gasteiger partial charge in [0.05, 0.1) is 19.3 Å². The fourth-order valence-corrected chi connectivity index (χ4v) is 2.71. The summed E-state index contributed by atoms with van der Waals surface area (Å²) in [6, 6.07) is 23.4. The largest absolute Gasteiger partial charge is 0.497 e. The van der Waals surface area contributed by atoms with Gasteiger partial charge in [0.25, 0.3) is 0 Å². The second-order valence-electron chi connectivity index (χ2n) is 6.43. The van der Waals surface area contributed by atoms with E-state index in [2.05, 4.69) is 0 Å². The van der Waals surface area contributed by atoms with Gasteiger partial charge in [-0.2, -0.15) is 0 Å². The van der Waals surface area contributed by atoms with Crippen LogP contribution in [0, 0.1) is 0 Å². The molecule has 3 rings (SSSR count). The van der Waals surface area contributed by atoms with Crippen molar-refractivity contribution in [1.29, 1.82) is 0 Å². The van der Waals surface area contributed by atoms with Gasteiger partial charge in [-0.1, -0.05) is 48.5 Å². The lowest BCUT2D eigenvalue weighted by Crippen LogP contribution is -2.09. The Morgan fingerprint density at radius 1 is 0.867 bits per heavy atom. The molecule has 0 spiro atoms. The lowest BCUT2D eigenvalue weighted by atomic mass is 10.2. The Morgan fingerprint density at radius 3 is 2.37 bits per heavy atom. The Hall–Kier alpha value is -3.86. The molecule has 5 nitrogen and oxygen atoms in total. The highest BCUT2D eigenvalue weighted by atomic mass is 16.5. The minimum atomic E-state index is -0.541. The molecule has 3 aromatic carbocycles. The van der Waals surface area contributed by atoms with Crippen LogP contribution >= 0.6 is 0 Å². The van der Waals surface area contributed by atoms with Crippen molar-refractivity contribution in [3.05, 3.63) is 102 Å². The lowest BCUT2D eigenvalue weighted by Gasteiger charge is -2.07. The molecule has 0 aliphatic carbocycles. The van der Waals surface area contributed by atoms with E-state index in [0.29, 0.717) is 12.0 Å². The van der Waals surface area contributed by atoms with Gasteiger partial charge in [0.15, 0.2) is 0 Å². The third-order valence-electron chi connectivity index (χ3n) is 4.28. The first-order valence-corrected chi connectivity index (χ1v) is 9.49. The molecule has 0 unspecified atom stereocenters. The van der Waals surface area contributed by atoms with E-state index in [0.717, 1.165) is 16.9 Å². The molecule has 0 saturated carbocycles. The van der Waals surface area contributed by atoms with Gasteiger partial charge in [-0.3, -0.25) is 0 Å². The second kappa shape index (κ2) is 10.6. The zero-order valence-electron chi connectivity index (χ0n) is 16.6. The van der Waals surface area contributed by atoms with Crippen molar-refractivity contribution >= 4 is 18.0 Å². The van der Waals surface area contributed by atoms with Gasteiger partial charge in [-0.15, -0.1) is 0 Å². The van der Waals surface area contributed by atoms with E-state index >= 15 is 0 Å². The summed E-state index contributed by atoms with van der Waals surface area (Å²) in [6.45, 7) is 0.275. The molecule has 5 heteroatoms. The summed E-state index contributed by atoms with van der Waals surface area (Å²) in [5, 5.41) is 0. The van der Waals surface area contributed by atoms with Gasteiger partial charge in [0.2, 0.25) is 0 Å². The molecular weight excluding hydrogens is 380 g/mol. The number of carbonyl (C=O) groups is 2. The topological polar surface area (TPSA) is 61.8 Å². The van der Waals surface area contributed by atoms with Crippen LogP contribution in [0.5, 0.6) is 11.5 Å². The molecule has 152 valence electrons. The highest BCUT2D eigenvalue weighted by Gasteiger charge is 2.10. The smallest absolute Gasteiger partial charge is 0.338 e. The molecule has 0 atom stereocenters. The van der Waals surface area contributed by atoms with Crippen molar-refractivity contribution in [2.24, 2.45) is 0 Å². The Kier molecular flexibility index (Phi) is 7.39. The summed E-state index contributed by atoms with van der Waals surface area (Å²) in [6.07, 6.45) is 3.60. The van der Waals surface area contributed by atoms with Crippen LogP contribution in [0.25, 0.3) is 6.08 Å². The van der Waals surface area contributed by atoms with Crippen LogP contribution in [0.15, 0.2) is 84.9 Å². The van der Waals surface area contributed by atoms with E-state index < -0.39 is 11.9 Å². The first kappa shape index (κ1) is 20.9. The summed E-state index contributed by atoms with van der Waals surface area (Å²) >= 11 is 0. The Labute approximate surface area is 175 Å². The number of rotatable bonds is 8. The molecular formula is C25H22O5. The van der Waals surface area contributed by atoms with E-state index in [9.17, 15) is 9.59 Å². The maximum Gasteiger partial charge on any atom is 0.338 e. The van der Waals surface area contributed by atoms with Crippen LogP contribution in [0.1, 0.15) is 21.5 Å². The van der Waals surface area contributed by atoms with Crippen LogP contribution in [-0.4, -0.2) is 25.7 Å². The van der Waals surface area contributed by atoms with Crippen LogP contribution in [0.4, 0.5) is 0 Å². The predicted octanol–water partition coefficient (Wildman–Crippen LogP) is 4.71. The van der Waals surface area contributed by atoms with Gasteiger partial charge in [-0.25, -0.2) is 9.59 Å². The van der Waals surface area contributed by atoms with Crippen LogP contribution in [0.2, 0.25) is 0 Å². The maximum absolute atomic E-state index is 12.2. The van der Waals surface area contributed by atoms with Crippen LogP contribution in [0.3, 0.4) is 0 Å². The summed E-state index contributed by atoms with van der Waals surface area (Å²) in [4.78, 5) is 24.3. The van der Waals surface area contributed by atoms with Gasteiger partial charge in [-0.05, 0) is 47.5 Å². The molecule has 0 N–H and O–H groups in total. The third kappa shape index (κ3) is 6.34. The first-order valence-electron chi connectivity index (χ1n) is 9.49. The van der Waals surface area contributed by atoms with Crippen molar-refractivity contribution in [1.82, 2.24) is 0 Å². The van der Waals surface area contributed by atoms with E-state index in [1.54, 1.807) is 43.5 Å². The second-order valence-corrected chi connectivity index (χ2v) is 6.43. The summed E-state index contributed by atoms with van der Waals surface area (Å²) < 4.78 is 15.7. The number of methoxy groups -OCH3 is 1. The summed E-state index contributed by atoms with van der Waals surface area (Å²) in [5.74, 6) is 0.0112. The Bertz CT molecular complexity index is 1010. The third-order valence-corrected chi connectivity index (χ3v) is 4.28. The minimum Gasteiger partial charge on any atom is -0.497 e. The van der Waals surface area contributed by atoms with Gasteiger partial charge in [0, 0.05) is 12.5 Å². The van der Waals surface area contributed by atoms with Crippen molar-refractivity contribution in [3.8, 4) is 11.5 Å². The van der Waals surface area contributed by atoms with Crippen molar-refractivity contribution in [2.75, 3.05) is 13.7 Å². The van der Waals surface area contributed by atoms with Gasteiger partial charge in [0.1, 0.15) is 11.5 Å². The molecule has 0 aromatic heterocycles. The summed E-state index contributed by atoms with van der Waals surface area (Å²) in [5.41, 5.74) is 2.26. The average molecular weight is 402 g/mol. The number of hydrogen-bond donors (Lipinski definition) is 0. The molecule has 0 aliphatic rings. The zero-order valence-corrected chi connectivity index (χ0v) is 16.6. The molecule has 0 saturated heterocycles. The van der Waals surface area contributed by atoms with Gasteiger partial charge >= 0.3 is 11.9 Å².